The molecule has 12 heteroatoms. The Balaban J connectivity index is 1.71. The molecule has 0 aliphatic carbocycles. The lowest BCUT2D eigenvalue weighted by molar-refractivity contribution is -0.137. The molecular weight excluding hydrogens is 386 g/mol. The van der Waals surface area contributed by atoms with Crippen molar-refractivity contribution in [1.29, 1.82) is 0 Å². The first-order valence-electron chi connectivity index (χ1n) is 8.23. The third-order valence-corrected chi connectivity index (χ3v) is 3.82. The van der Waals surface area contributed by atoms with Gasteiger partial charge in [-0.25, -0.2) is 9.78 Å². The summed E-state index contributed by atoms with van der Waals surface area (Å²) in [5, 5.41) is 11.2. The van der Waals surface area contributed by atoms with Gasteiger partial charge in [-0.15, -0.1) is 0 Å². The van der Waals surface area contributed by atoms with Gasteiger partial charge in [0, 0.05) is 0 Å². The number of H-pyrrole nitrogens is 1. The summed E-state index contributed by atoms with van der Waals surface area (Å²) in [5.74, 6) is -0.312. The molecular formula is C17H17N5O7. The summed E-state index contributed by atoms with van der Waals surface area (Å²) in [6.45, 7) is -0.508. The number of nitrogens with zero attached hydrogens (tertiary/aromatic N) is 3. The van der Waals surface area contributed by atoms with Gasteiger partial charge in [0.1, 0.15) is 13.2 Å². The fourth-order valence-corrected chi connectivity index (χ4v) is 2.53. The highest BCUT2D eigenvalue weighted by atomic mass is 16.5. The highest BCUT2D eigenvalue weighted by Gasteiger charge is 2.14. The second-order valence-electron chi connectivity index (χ2n) is 5.74. The molecule has 0 saturated carbocycles. The van der Waals surface area contributed by atoms with Crippen LogP contribution in [0.1, 0.15) is 5.56 Å². The fraction of sp³-hybridized carbons (Fsp3) is 0.235. The van der Waals surface area contributed by atoms with Gasteiger partial charge in [0.25, 0.3) is 5.56 Å². The monoisotopic (exact) mass is 403 g/mol. The maximum atomic E-state index is 12.1. The Labute approximate surface area is 163 Å². The Morgan fingerprint density at radius 1 is 1.24 bits per heavy atom. The van der Waals surface area contributed by atoms with Crippen molar-refractivity contribution in [1.82, 2.24) is 19.5 Å². The fourth-order valence-electron chi connectivity index (χ4n) is 2.53. The van der Waals surface area contributed by atoms with E-state index in [4.69, 9.17) is 19.3 Å². The summed E-state index contributed by atoms with van der Waals surface area (Å²) in [4.78, 5) is 45.2. The zero-order chi connectivity index (χ0) is 21.0. The van der Waals surface area contributed by atoms with Crippen LogP contribution < -0.4 is 20.3 Å². The van der Waals surface area contributed by atoms with E-state index in [2.05, 4.69) is 20.3 Å². The van der Waals surface area contributed by atoms with Crippen LogP contribution in [0.4, 0.5) is 10.7 Å². The first-order valence-corrected chi connectivity index (χ1v) is 8.23. The van der Waals surface area contributed by atoms with Gasteiger partial charge in [0.05, 0.1) is 20.5 Å². The van der Waals surface area contributed by atoms with E-state index in [-0.39, 0.29) is 23.7 Å². The number of hydrogen-bond acceptors (Lipinski definition) is 8. The number of ether oxygens (including phenoxy) is 3. The second kappa shape index (κ2) is 8.29. The van der Waals surface area contributed by atoms with Crippen LogP contribution >= 0.6 is 0 Å². The third-order valence-electron chi connectivity index (χ3n) is 3.82. The minimum atomic E-state index is -1.13. The predicted octanol–water partition coefficient (Wildman–Crippen LogP) is 0.970. The second-order valence-corrected chi connectivity index (χ2v) is 5.74. The topological polar surface area (TPSA) is 158 Å². The van der Waals surface area contributed by atoms with Crippen LogP contribution in [0.5, 0.6) is 11.5 Å². The number of carbonyl (C=O) groups is 2. The molecule has 0 unspecified atom stereocenters. The SMILES string of the molecule is COc1ccc(COC(=O)Nc2nc3c(ncn3CC(=O)O)c(=O)[nH]2)cc1OC. The Hall–Kier alpha value is -4.09. The van der Waals surface area contributed by atoms with Gasteiger partial charge >= 0.3 is 12.1 Å². The van der Waals surface area contributed by atoms with Crippen molar-refractivity contribution in [3.63, 3.8) is 0 Å². The number of imidazole rings is 1. The molecule has 1 amide bonds. The van der Waals surface area contributed by atoms with Crippen LogP contribution in [-0.2, 0) is 22.7 Å². The highest BCUT2D eigenvalue weighted by Crippen LogP contribution is 2.27. The summed E-state index contributed by atoms with van der Waals surface area (Å²) >= 11 is 0. The minimum absolute atomic E-state index is 0.0198. The van der Waals surface area contributed by atoms with E-state index in [0.717, 1.165) is 0 Å². The van der Waals surface area contributed by atoms with Crippen molar-refractivity contribution in [3.8, 4) is 11.5 Å². The lowest BCUT2D eigenvalue weighted by Crippen LogP contribution is -2.20. The molecule has 3 aromatic rings. The van der Waals surface area contributed by atoms with Crippen LogP contribution in [0, 0.1) is 0 Å². The molecule has 2 aromatic heterocycles. The number of hydrogen-bond donors (Lipinski definition) is 3. The summed E-state index contributed by atoms with van der Waals surface area (Å²) < 4.78 is 16.6. The number of anilines is 1. The van der Waals surface area contributed by atoms with Crippen molar-refractivity contribution >= 4 is 29.2 Å². The van der Waals surface area contributed by atoms with Gasteiger partial charge in [-0.2, -0.15) is 4.98 Å². The van der Waals surface area contributed by atoms with E-state index in [1.54, 1.807) is 18.2 Å². The van der Waals surface area contributed by atoms with E-state index < -0.39 is 24.2 Å². The van der Waals surface area contributed by atoms with Gasteiger partial charge in [-0.3, -0.25) is 19.9 Å². The smallest absolute Gasteiger partial charge is 0.414 e. The molecule has 0 fully saturated rings. The van der Waals surface area contributed by atoms with Crippen molar-refractivity contribution in [3.05, 3.63) is 40.4 Å². The number of carboxylic acid groups (broad SMARTS) is 1. The number of aromatic amines is 1. The lowest BCUT2D eigenvalue weighted by atomic mass is 10.2. The number of carbonyl (C=O) groups excluding carboxylic acids is 1. The third kappa shape index (κ3) is 4.43. The lowest BCUT2D eigenvalue weighted by Gasteiger charge is -2.10. The number of carboxylic acids is 1. The molecule has 152 valence electrons. The molecule has 2 heterocycles. The van der Waals surface area contributed by atoms with Gasteiger partial charge in [0.15, 0.2) is 22.7 Å². The molecule has 3 N–H and O–H groups in total. The van der Waals surface area contributed by atoms with Gasteiger partial charge < -0.3 is 23.9 Å². The molecule has 0 radical (unpaired) electrons. The molecule has 3 rings (SSSR count). The predicted molar refractivity (Wildman–Crippen MR) is 99.1 cm³/mol. The Morgan fingerprint density at radius 3 is 2.69 bits per heavy atom. The number of amides is 1. The Kier molecular flexibility index (Phi) is 5.62. The van der Waals surface area contributed by atoms with Crippen LogP contribution in [0.3, 0.4) is 0 Å². The maximum absolute atomic E-state index is 12.1. The van der Waals surface area contributed by atoms with Gasteiger partial charge in [0.2, 0.25) is 5.95 Å². The standard InChI is InChI=1S/C17H17N5O7/c1-27-10-4-3-9(5-11(10)28-2)7-29-17(26)21-16-19-14-13(15(25)20-16)18-8-22(14)6-12(23)24/h3-5,8H,6-7H2,1-2H3,(H,23,24)(H2,19,20,21,25,26). The van der Waals surface area contributed by atoms with Crippen LogP contribution in [0.25, 0.3) is 11.2 Å². The zero-order valence-corrected chi connectivity index (χ0v) is 15.5. The molecule has 0 bridgehead atoms. The van der Waals surface area contributed by atoms with E-state index in [1.165, 1.54) is 25.1 Å². The molecule has 0 spiro atoms. The minimum Gasteiger partial charge on any atom is -0.493 e. The maximum Gasteiger partial charge on any atom is 0.414 e. The summed E-state index contributed by atoms with van der Waals surface area (Å²) in [6.07, 6.45) is 0.312. The van der Waals surface area contributed by atoms with Crippen LogP contribution in [0.2, 0.25) is 0 Å². The number of aromatic nitrogens is 4. The van der Waals surface area contributed by atoms with Crippen molar-refractivity contribution in [2.24, 2.45) is 0 Å². The van der Waals surface area contributed by atoms with Gasteiger partial charge in [-0.05, 0) is 17.7 Å². The first-order chi connectivity index (χ1) is 13.9. The summed E-state index contributed by atoms with van der Waals surface area (Å²) in [7, 11) is 3.00. The molecule has 0 aliphatic rings. The average molecular weight is 403 g/mol. The summed E-state index contributed by atoms with van der Waals surface area (Å²) in [6, 6.07) is 5.03. The molecule has 0 atom stereocenters. The molecule has 29 heavy (non-hydrogen) atoms. The number of methoxy groups -OCH3 is 2. The Morgan fingerprint density at radius 2 is 2.00 bits per heavy atom. The van der Waals surface area contributed by atoms with Crippen LogP contribution in [-0.4, -0.2) is 50.9 Å². The number of nitrogens with one attached hydrogen (secondary N) is 2. The highest BCUT2D eigenvalue weighted by molar-refractivity contribution is 5.83. The van der Waals surface area contributed by atoms with E-state index >= 15 is 0 Å². The van der Waals surface area contributed by atoms with E-state index in [9.17, 15) is 14.4 Å². The van der Waals surface area contributed by atoms with E-state index in [1.807, 2.05) is 0 Å². The average Bonchev–Trinajstić information content (AvgIpc) is 3.08. The number of rotatable bonds is 7. The van der Waals surface area contributed by atoms with Gasteiger partial charge in [-0.1, -0.05) is 6.07 Å². The molecule has 1 aromatic carbocycles. The van der Waals surface area contributed by atoms with Crippen molar-refractivity contribution < 1.29 is 28.9 Å². The zero-order valence-electron chi connectivity index (χ0n) is 15.5. The number of aliphatic carboxylic acids is 1. The largest absolute Gasteiger partial charge is 0.493 e. The first kappa shape index (κ1) is 19.7. The Bertz CT molecular complexity index is 1120. The number of benzene rings is 1. The molecule has 0 saturated heterocycles. The summed E-state index contributed by atoms with van der Waals surface area (Å²) in [5.41, 5.74) is -0.00888. The van der Waals surface area contributed by atoms with Crippen LogP contribution in [0.15, 0.2) is 29.3 Å². The molecule has 0 aliphatic heterocycles. The van der Waals surface area contributed by atoms with Crippen molar-refractivity contribution in [2.75, 3.05) is 19.5 Å². The normalized spacial score (nSPS) is 10.6. The quantitative estimate of drug-likeness (QED) is 0.522. The number of fused-ring (bicyclic) bond motifs is 1. The van der Waals surface area contributed by atoms with E-state index in [0.29, 0.717) is 17.1 Å². The molecule has 12 nitrogen and oxygen atoms in total. The van der Waals surface area contributed by atoms with Crippen molar-refractivity contribution in [2.45, 2.75) is 13.2 Å².